The van der Waals surface area contributed by atoms with Gasteiger partial charge >= 0.3 is 0 Å². The summed E-state index contributed by atoms with van der Waals surface area (Å²) in [5.41, 5.74) is 1.86. The van der Waals surface area contributed by atoms with Gasteiger partial charge in [0.05, 0.1) is 19.6 Å². The third kappa shape index (κ3) is 1.63. The second kappa shape index (κ2) is 4.22. The summed E-state index contributed by atoms with van der Waals surface area (Å²) in [5.74, 6) is 1.82. The summed E-state index contributed by atoms with van der Waals surface area (Å²) in [6.07, 6.45) is -0.194. The quantitative estimate of drug-likeness (QED) is 0.843. The average molecular weight is 286 g/mol. The monoisotopic (exact) mass is 286 g/mol. The van der Waals surface area contributed by atoms with Crippen molar-refractivity contribution in [2.75, 3.05) is 13.7 Å². The molecular formula is C16H14O5. The van der Waals surface area contributed by atoms with E-state index in [4.69, 9.17) is 14.2 Å². The van der Waals surface area contributed by atoms with Crippen LogP contribution in [0, 0.1) is 0 Å². The van der Waals surface area contributed by atoms with Crippen molar-refractivity contribution in [3.63, 3.8) is 0 Å². The zero-order chi connectivity index (χ0) is 14.6. The van der Waals surface area contributed by atoms with Gasteiger partial charge in [0, 0.05) is 17.2 Å². The van der Waals surface area contributed by atoms with Crippen molar-refractivity contribution in [1.29, 1.82) is 0 Å². The Morgan fingerprint density at radius 1 is 1.14 bits per heavy atom. The van der Waals surface area contributed by atoms with E-state index in [0.717, 1.165) is 11.1 Å². The van der Waals surface area contributed by atoms with Gasteiger partial charge in [-0.25, -0.2) is 0 Å². The molecular weight excluding hydrogens is 272 g/mol. The largest absolute Gasteiger partial charge is 0.508 e. The molecule has 5 heteroatoms. The molecule has 0 bridgehead atoms. The van der Waals surface area contributed by atoms with Crippen molar-refractivity contribution in [1.82, 2.24) is 0 Å². The molecule has 0 amide bonds. The minimum atomic E-state index is -0.194. The summed E-state index contributed by atoms with van der Waals surface area (Å²) in [5, 5.41) is 19.4. The molecule has 0 radical (unpaired) electrons. The van der Waals surface area contributed by atoms with E-state index >= 15 is 0 Å². The lowest BCUT2D eigenvalue weighted by molar-refractivity contribution is 0.136. The highest BCUT2D eigenvalue weighted by Gasteiger charge is 2.42. The van der Waals surface area contributed by atoms with E-state index in [1.54, 1.807) is 24.3 Å². The van der Waals surface area contributed by atoms with Crippen molar-refractivity contribution in [3.8, 4) is 28.7 Å². The highest BCUT2D eigenvalue weighted by molar-refractivity contribution is 5.60. The van der Waals surface area contributed by atoms with E-state index in [1.807, 2.05) is 6.07 Å². The predicted octanol–water partition coefficient (Wildman–Crippen LogP) is 2.72. The number of fused-ring (bicyclic) bond motifs is 5. The summed E-state index contributed by atoms with van der Waals surface area (Å²) in [4.78, 5) is 0. The Morgan fingerprint density at radius 3 is 2.76 bits per heavy atom. The fraction of sp³-hybridized carbons (Fsp3) is 0.250. The molecule has 2 N–H and O–H groups in total. The first kappa shape index (κ1) is 12.2. The first-order valence-electron chi connectivity index (χ1n) is 6.71. The molecule has 0 fully saturated rings. The van der Waals surface area contributed by atoms with Crippen LogP contribution in [0.3, 0.4) is 0 Å². The van der Waals surface area contributed by atoms with E-state index in [9.17, 15) is 10.2 Å². The molecule has 2 aromatic rings. The lowest BCUT2D eigenvalue weighted by Crippen LogP contribution is -2.22. The molecule has 2 heterocycles. The number of rotatable bonds is 1. The minimum absolute atomic E-state index is 0.0477. The maximum absolute atomic E-state index is 9.87. The zero-order valence-corrected chi connectivity index (χ0v) is 11.4. The number of phenols is 2. The maximum atomic E-state index is 9.87. The number of ether oxygens (including phenoxy) is 3. The van der Waals surface area contributed by atoms with Crippen LogP contribution in [0.4, 0.5) is 0 Å². The van der Waals surface area contributed by atoms with Gasteiger partial charge in [0.1, 0.15) is 17.6 Å². The lowest BCUT2D eigenvalue weighted by Gasteiger charge is -2.27. The van der Waals surface area contributed by atoms with Gasteiger partial charge in [-0.3, -0.25) is 0 Å². The first-order chi connectivity index (χ1) is 10.2. The van der Waals surface area contributed by atoms with Gasteiger partial charge in [0.15, 0.2) is 11.5 Å². The van der Waals surface area contributed by atoms with Crippen LogP contribution in [0.2, 0.25) is 0 Å². The Labute approximate surface area is 121 Å². The van der Waals surface area contributed by atoms with Gasteiger partial charge < -0.3 is 24.4 Å². The molecule has 108 valence electrons. The number of hydrogen-bond acceptors (Lipinski definition) is 5. The normalized spacial score (nSPS) is 21.6. The van der Waals surface area contributed by atoms with Crippen molar-refractivity contribution < 1.29 is 24.4 Å². The number of aromatic hydroxyl groups is 2. The molecule has 2 unspecified atom stereocenters. The second-order valence-corrected chi connectivity index (χ2v) is 5.21. The fourth-order valence-corrected chi connectivity index (χ4v) is 3.07. The predicted molar refractivity (Wildman–Crippen MR) is 74.4 cm³/mol. The molecule has 2 aromatic carbocycles. The molecule has 2 atom stereocenters. The van der Waals surface area contributed by atoms with Gasteiger partial charge in [0.25, 0.3) is 0 Å². The van der Waals surface area contributed by atoms with Gasteiger partial charge in [0.2, 0.25) is 5.75 Å². The minimum Gasteiger partial charge on any atom is -0.508 e. The maximum Gasteiger partial charge on any atom is 0.203 e. The standard InChI is InChI=1S/C16H14O5/c1-19-16-12(18)5-4-9-11-7-20-13-6-8(17)2-3-10(13)14(11)21-15(9)16/h2-6,11,14,17-18H,7H2,1H3. The SMILES string of the molecule is COc1c(O)ccc2c1OC1c3ccc(O)cc3OCC21. The molecule has 2 aliphatic rings. The summed E-state index contributed by atoms with van der Waals surface area (Å²) in [7, 11) is 1.50. The van der Waals surface area contributed by atoms with Crippen molar-refractivity contribution in [3.05, 3.63) is 41.5 Å². The van der Waals surface area contributed by atoms with Crippen LogP contribution in [0.15, 0.2) is 30.3 Å². The Bertz CT molecular complexity index is 725. The molecule has 4 rings (SSSR count). The van der Waals surface area contributed by atoms with E-state index < -0.39 is 0 Å². The Kier molecular flexibility index (Phi) is 2.45. The van der Waals surface area contributed by atoms with Crippen LogP contribution in [-0.2, 0) is 0 Å². The number of hydrogen-bond donors (Lipinski definition) is 2. The van der Waals surface area contributed by atoms with E-state index in [-0.39, 0.29) is 23.5 Å². The molecule has 5 nitrogen and oxygen atoms in total. The van der Waals surface area contributed by atoms with Gasteiger partial charge in [-0.15, -0.1) is 0 Å². The van der Waals surface area contributed by atoms with E-state index in [1.165, 1.54) is 7.11 Å². The third-order valence-corrected chi connectivity index (χ3v) is 4.06. The van der Waals surface area contributed by atoms with Gasteiger partial charge in [-0.1, -0.05) is 6.07 Å². The number of methoxy groups -OCH3 is 1. The van der Waals surface area contributed by atoms with Crippen molar-refractivity contribution >= 4 is 0 Å². The van der Waals surface area contributed by atoms with Crippen LogP contribution in [0.5, 0.6) is 28.7 Å². The number of benzene rings is 2. The van der Waals surface area contributed by atoms with Crippen LogP contribution in [0.1, 0.15) is 23.1 Å². The van der Waals surface area contributed by atoms with Crippen molar-refractivity contribution in [2.24, 2.45) is 0 Å². The molecule has 0 saturated heterocycles. The second-order valence-electron chi connectivity index (χ2n) is 5.21. The van der Waals surface area contributed by atoms with E-state index in [2.05, 4.69) is 0 Å². The molecule has 0 aliphatic carbocycles. The summed E-state index contributed by atoms with van der Waals surface area (Å²) in [6, 6.07) is 8.46. The Hall–Kier alpha value is -2.56. The zero-order valence-electron chi connectivity index (χ0n) is 11.4. The molecule has 0 saturated carbocycles. The van der Waals surface area contributed by atoms with Crippen LogP contribution in [-0.4, -0.2) is 23.9 Å². The van der Waals surface area contributed by atoms with Crippen LogP contribution in [0.25, 0.3) is 0 Å². The van der Waals surface area contributed by atoms with E-state index in [0.29, 0.717) is 23.9 Å². The Balaban J connectivity index is 1.83. The average Bonchev–Trinajstić information content (AvgIpc) is 2.85. The summed E-state index contributed by atoms with van der Waals surface area (Å²) < 4.78 is 17.0. The fourth-order valence-electron chi connectivity index (χ4n) is 3.07. The lowest BCUT2D eigenvalue weighted by atomic mass is 9.89. The molecule has 2 aliphatic heterocycles. The molecule has 0 spiro atoms. The number of phenolic OH excluding ortho intramolecular Hbond substituents is 2. The summed E-state index contributed by atoms with van der Waals surface area (Å²) >= 11 is 0. The third-order valence-electron chi connectivity index (χ3n) is 4.06. The highest BCUT2D eigenvalue weighted by atomic mass is 16.5. The molecule has 0 aromatic heterocycles. The van der Waals surface area contributed by atoms with Crippen LogP contribution >= 0.6 is 0 Å². The van der Waals surface area contributed by atoms with Gasteiger partial charge in [-0.05, 0) is 18.2 Å². The van der Waals surface area contributed by atoms with Gasteiger partial charge in [-0.2, -0.15) is 0 Å². The smallest absolute Gasteiger partial charge is 0.203 e. The topological polar surface area (TPSA) is 68.2 Å². The first-order valence-corrected chi connectivity index (χ1v) is 6.71. The Morgan fingerprint density at radius 2 is 1.95 bits per heavy atom. The molecule has 21 heavy (non-hydrogen) atoms. The van der Waals surface area contributed by atoms with Crippen LogP contribution < -0.4 is 14.2 Å². The van der Waals surface area contributed by atoms with Crippen molar-refractivity contribution in [2.45, 2.75) is 12.0 Å². The summed E-state index contributed by atoms with van der Waals surface area (Å²) in [6.45, 7) is 0.460. The highest BCUT2D eigenvalue weighted by Crippen LogP contribution is 2.56.